The van der Waals surface area contributed by atoms with Crippen LogP contribution in [0.3, 0.4) is 0 Å². The van der Waals surface area contributed by atoms with Gasteiger partial charge in [-0.1, -0.05) is 55.5 Å². The molecule has 0 spiro atoms. The summed E-state index contributed by atoms with van der Waals surface area (Å²) in [7, 11) is -3.43. The second-order valence-electron chi connectivity index (χ2n) is 4.64. The van der Waals surface area contributed by atoms with E-state index in [1.807, 2.05) is 43.3 Å². The fourth-order valence-electron chi connectivity index (χ4n) is 2.06. The van der Waals surface area contributed by atoms with E-state index in [9.17, 15) is 8.42 Å². The SMILES string of the molecule is CCCN(Cc1ccccc1)S(=O)(=O)c1ccccc1. The van der Waals surface area contributed by atoms with Crippen LogP contribution >= 0.6 is 0 Å². The first kappa shape index (κ1) is 14.8. The predicted octanol–water partition coefficient (Wildman–Crippen LogP) is 3.29. The summed E-state index contributed by atoms with van der Waals surface area (Å²) in [4.78, 5) is 0.351. The van der Waals surface area contributed by atoms with Crippen LogP contribution in [0.1, 0.15) is 18.9 Å². The molecule has 3 nitrogen and oxygen atoms in total. The van der Waals surface area contributed by atoms with Crippen LogP contribution < -0.4 is 0 Å². The highest BCUT2D eigenvalue weighted by atomic mass is 32.2. The normalized spacial score (nSPS) is 11.7. The highest BCUT2D eigenvalue weighted by molar-refractivity contribution is 7.89. The van der Waals surface area contributed by atoms with Gasteiger partial charge in [0.05, 0.1) is 4.90 Å². The van der Waals surface area contributed by atoms with Crippen molar-refractivity contribution < 1.29 is 8.42 Å². The largest absolute Gasteiger partial charge is 0.243 e. The van der Waals surface area contributed by atoms with Crippen LogP contribution in [-0.4, -0.2) is 19.3 Å². The highest BCUT2D eigenvalue weighted by Crippen LogP contribution is 2.18. The number of nitrogens with zero attached hydrogens (tertiary/aromatic N) is 1. The van der Waals surface area contributed by atoms with Gasteiger partial charge in [-0.3, -0.25) is 0 Å². The number of hydrogen-bond acceptors (Lipinski definition) is 2. The maximum absolute atomic E-state index is 12.7. The van der Waals surface area contributed by atoms with E-state index in [4.69, 9.17) is 0 Å². The Hall–Kier alpha value is -1.65. The predicted molar refractivity (Wildman–Crippen MR) is 80.8 cm³/mol. The Morgan fingerprint density at radius 3 is 2.00 bits per heavy atom. The molecule has 4 heteroatoms. The molecule has 0 heterocycles. The van der Waals surface area contributed by atoms with Crippen molar-refractivity contribution in [2.75, 3.05) is 6.54 Å². The van der Waals surface area contributed by atoms with E-state index in [2.05, 4.69) is 0 Å². The molecular formula is C16H19NO2S. The van der Waals surface area contributed by atoms with E-state index in [1.165, 1.54) is 4.31 Å². The average Bonchev–Trinajstić information content (AvgIpc) is 2.49. The highest BCUT2D eigenvalue weighted by Gasteiger charge is 2.23. The van der Waals surface area contributed by atoms with Gasteiger partial charge in [-0.25, -0.2) is 8.42 Å². The summed E-state index contributed by atoms with van der Waals surface area (Å²) in [5, 5.41) is 0. The molecule has 20 heavy (non-hydrogen) atoms. The van der Waals surface area contributed by atoms with Gasteiger partial charge in [0, 0.05) is 13.1 Å². The van der Waals surface area contributed by atoms with Crippen LogP contribution in [0, 0.1) is 0 Å². The Morgan fingerprint density at radius 2 is 1.45 bits per heavy atom. The summed E-state index contributed by atoms with van der Waals surface area (Å²) in [6.07, 6.45) is 0.791. The van der Waals surface area contributed by atoms with Crippen molar-refractivity contribution in [3.63, 3.8) is 0 Å². The lowest BCUT2D eigenvalue weighted by Gasteiger charge is -2.21. The van der Waals surface area contributed by atoms with Gasteiger partial charge < -0.3 is 0 Å². The van der Waals surface area contributed by atoms with Gasteiger partial charge in [0.15, 0.2) is 0 Å². The topological polar surface area (TPSA) is 37.4 Å². The minimum atomic E-state index is -3.43. The molecule has 0 aliphatic heterocycles. The molecule has 0 bridgehead atoms. The third-order valence-electron chi connectivity index (χ3n) is 3.06. The van der Waals surface area contributed by atoms with Gasteiger partial charge >= 0.3 is 0 Å². The number of benzene rings is 2. The molecule has 0 amide bonds. The minimum absolute atomic E-state index is 0.351. The monoisotopic (exact) mass is 289 g/mol. The summed E-state index contributed by atoms with van der Waals surface area (Å²) in [5.74, 6) is 0. The van der Waals surface area contributed by atoms with Gasteiger partial charge in [0.2, 0.25) is 10.0 Å². The molecular weight excluding hydrogens is 270 g/mol. The Bertz CT molecular complexity index is 624. The van der Waals surface area contributed by atoms with Crippen molar-refractivity contribution in [3.05, 3.63) is 66.2 Å². The van der Waals surface area contributed by atoms with Crippen molar-refractivity contribution in [1.82, 2.24) is 4.31 Å². The molecule has 2 aromatic rings. The van der Waals surface area contributed by atoms with E-state index >= 15 is 0 Å². The summed E-state index contributed by atoms with van der Waals surface area (Å²) in [6.45, 7) is 2.91. The Labute approximate surface area is 120 Å². The van der Waals surface area contributed by atoms with Gasteiger partial charge in [-0.15, -0.1) is 0 Å². The van der Waals surface area contributed by atoms with E-state index in [0.29, 0.717) is 18.0 Å². The summed E-state index contributed by atoms with van der Waals surface area (Å²) in [6, 6.07) is 18.3. The molecule has 106 valence electrons. The van der Waals surface area contributed by atoms with Crippen LogP contribution in [0.4, 0.5) is 0 Å². The van der Waals surface area contributed by atoms with Gasteiger partial charge in [-0.05, 0) is 24.1 Å². The van der Waals surface area contributed by atoms with Crippen LogP contribution in [-0.2, 0) is 16.6 Å². The van der Waals surface area contributed by atoms with Crippen LogP contribution in [0.2, 0.25) is 0 Å². The van der Waals surface area contributed by atoms with Crippen LogP contribution in [0.15, 0.2) is 65.6 Å². The van der Waals surface area contributed by atoms with Gasteiger partial charge in [0.25, 0.3) is 0 Å². The Kier molecular flexibility index (Phi) is 4.93. The zero-order valence-corrected chi connectivity index (χ0v) is 12.4. The number of rotatable bonds is 6. The van der Waals surface area contributed by atoms with Gasteiger partial charge in [-0.2, -0.15) is 4.31 Å². The molecule has 0 N–H and O–H groups in total. The van der Waals surface area contributed by atoms with Crippen molar-refractivity contribution in [3.8, 4) is 0 Å². The quantitative estimate of drug-likeness (QED) is 0.818. The first-order chi connectivity index (χ1) is 9.64. The maximum atomic E-state index is 12.7. The second kappa shape index (κ2) is 6.68. The zero-order chi connectivity index (χ0) is 14.4. The van der Waals surface area contributed by atoms with E-state index < -0.39 is 10.0 Å². The number of hydrogen-bond donors (Lipinski definition) is 0. The molecule has 2 rings (SSSR count). The third-order valence-corrected chi connectivity index (χ3v) is 4.92. The molecule has 0 fully saturated rings. The zero-order valence-electron chi connectivity index (χ0n) is 11.6. The van der Waals surface area contributed by atoms with E-state index in [-0.39, 0.29) is 0 Å². The van der Waals surface area contributed by atoms with Crippen molar-refractivity contribution >= 4 is 10.0 Å². The molecule has 0 atom stereocenters. The lowest BCUT2D eigenvalue weighted by atomic mass is 10.2. The Morgan fingerprint density at radius 1 is 0.900 bits per heavy atom. The molecule has 0 aliphatic carbocycles. The maximum Gasteiger partial charge on any atom is 0.243 e. The molecule has 0 unspecified atom stereocenters. The molecule has 0 aliphatic rings. The average molecular weight is 289 g/mol. The molecule has 2 aromatic carbocycles. The minimum Gasteiger partial charge on any atom is -0.207 e. The first-order valence-corrected chi connectivity index (χ1v) is 8.17. The van der Waals surface area contributed by atoms with Crippen molar-refractivity contribution in [2.45, 2.75) is 24.8 Å². The number of sulfonamides is 1. The molecule has 0 radical (unpaired) electrons. The van der Waals surface area contributed by atoms with Crippen molar-refractivity contribution in [2.24, 2.45) is 0 Å². The summed E-state index contributed by atoms with van der Waals surface area (Å²) < 4.78 is 26.8. The van der Waals surface area contributed by atoms with Crippen molar-refractivity contribution in [1.29, 1.82) is 0 Å². The fourth-order valence-corrected chi connectivity index (χ4v) is 3.60. The van der Waals surface area contributed by atoms with Crippen LogP contribution in [0.5, 0.6) is 0 Å². The first-order valence-electron chi connectivity index (χ1n) is 6.73. The molecule has 0 saturated carbocycles. The fraction of sp³-hybridized carbons (Fsp3) is 0.250. The second-order valence-corrected chi connectivity index (χ2v) is 6.58. The smallest absolute Gasteiger partial charge is 0.207 e. The summed E-state index contributed by atoms with van der Waals surface area (Å²) in [5.41, 5.74) is 1.00. The van der Waals surface area contributed by atoms with E-state index in [0.717, 1.165) is 12.0 Å². The Balaban J connectivity index is 2.29. The molecule has 0 saturated heterocycles. The van der Waals surface area contributed by atoms with E-state index in [1.54, 1.807) is 24.3 Å². The standard InChI is InChI=1S/C16H19NO2S/c1-2-13-17(14-15-9-5-3-6-10-15)20(18,19)16-11-7-4-8-12-16/h3-12H,2,13-14H2,1H3. The lowest BCUT2D eigenvalue weighted by molar-refractivity contribution is 0.405. The lowest BCUT2D eigenvalue weighted by Crippen LogP contribution is -2.31. The van der Waals surface area contributed by atoms with Gasteiger partial charge in [0.1, 0.15) is 0 Å². The summed E-state index contributed by atoms with van der Waals surface area (Å²) >= 11 is 0. The third kappa shape index (κ3) is 3.46. The molecule has 0 aromatic heterocycles. The van der Waals surface area contributed by atoms with Crippen LogP contribution in [0.25, 0.3) is 0 Å².